The molecule has 50 heavy (non-hydrogen) atoms. The molecule has 2 fully saturated rings. The van der Waals surface area contributed by atoms with Gasteiger partial charge in [-0.1, -0.05) is 62.4 Å². The van der Waals surface area contributed by atoms with Crippen LogP contribution >= 0.6 is 0 Å². The van der Waals surface area contributed by atoms with Crippen molar-refractivity contribution in [2.45, 2.75) is 56.1 Å². The Morgan fingerprint density at radius 1 is 1.08 bits per heavy atom. The summed E-state index contributed by atoms with van der Waals surface area (Å²) in [4.78, 5) is 26.2. The zero-order valence-corrected chi connectivity index (χ0v) is 29.1. The highest BCUT2D eigenvalue weighted by molar-refractivity contribution is 7.89. The molecule has 3 aromatic rings. The van der Waals surface area contributed by atoms with E-state index in [2.05, 4.69) is 10.6 Å². The van der Waals surface area contributed by atoms with E-state index in [1.165, 1.54) is 23.5 Å². The SMILES string of the molecule is COc1ccccc1/C=C1\C(=O)Nc2ccc(S(=O)(=O)N(CC(C)C)CC(O)C(Cc3ccccc3)NC(=O)OC3COC4OCCC34)cc21. The van der Waals surface area contributed by atoms with Gasteiger partial charge in [0.15, 0.2) is 6.29 Å². The first-order valence-electron chi connectivity index (χ1n) is 16.8. The molecule has 5 atom stereocenters. The second kappa shape index (κ2) is 15.3. The lowest BCUT2D eigenvalue weighted by Crippen LogP contribution is -2.51. The fourth-order valence-corrected chi connectivity index (χ4v) is 8.25. The van der Waals surface area contributed by atoms with Crippen molar-refractivity contribution in [2.24, 2.45) is 11.8 Å². The Bertz CT molecular complexity index is 1830. The van der Waals surface area contributed by atoms with Crippen LogP contribution in [0.2, 0.25) is 0 Å². The number of benzene rings is 3. The average Bonchev–Trinajstić information content (AvgIpc) is 3.80. The lowest BCUT2D eigenvalue weighted by molar-refractivity contribution is -0.110. The van der Waals surface area contributed by atoms with E-state index in [4.69, 9.17) is 18.9 Å². The third-order valence-corrected chi connectivity index (χ3v) is 10.9. The van der Waals surface area contributed by atoms with Crippen molar-refractivity contribution < 1.29 is 42.1 Å². The Kier molecular flexibility index (Phi) is 10.9. The summed E-state index contributed by atoms with van der Waals surface area (Å²) in [5, 5.41) is 17.3. The summed E-state index contributed by atoms with van der Waals surface area (Å²) in [6.45, 7) is 4.31. The van der Waals surface area contributed by atoms with Crippen molar-refractivity contribution in [1.82, 2.24) is 9.62 Å². The van der Waals surface area contributed by atoms with Crippen LogP contribution in [0.25, 0.3) is 11.6 Å². The Balaban J connectivity index is 1.25. The minimum Gasteiger partial charge on any atom is -0.496 e. The molecule has 0 spiro atoms. The summed E-state index contributed by atoms with van der Waals surface area (Å²) in [5.74, 6) is 0.0488. The number of amides is 2. The van der Waals surface area contributed by atoms with Gasteiger partial charge in [0.1, 0.15) is 11.9 Å². The molecule has 5 unspecified atom stereocenters. The van der Waals surface area contributed by atoms with Gasteiger partial charge in [-0.15, -0.1) is 0 Å². The van der Waals surface area contributed by atoms with Gasteiger partial charge in [0.25, 0.3) is 5.91 Å². The van der Waals surface area contributed by atoms with E-state index in [0.29, 0.717) is 41.2 Å². The fourth-order valence-electron chi connectivity index (χ4n) is 6.60. The molecule has 2 amide bonds. The largest absolute Gasteiger partial charge is 0.496 e. The van der Waals surface area contributed by atoms with Crippen molar-refractivity contribution in [1.29, 1.82) is 0 Å². The van der Waals surface area contributed by atoms with Gasteiger partial charge in [-0.3, -0.25) is 4.79 Å². The van der Waals surface area contributed by atoms with Crippen LogP contribution in [0, 0.1) is 11.8 Å². The summed E-state index contributed by atoms with van der Waals surface area (Å²) < 4.78 is 52.2. The van der Waals surface area contributed by atoms with Gasteiger partial charge in [-0.05, 0) is 54.7 Å². The molecule has 6 rings (SSSR count). The van der Waals surface area contributed by atoms with Crippen molar-refractivity contribution in [3.05, 3.63) is 89.5 Å². The monoisotopic (exact) mass is 705 g/mol. The molecule has 0 bridgehead atoms. The molecule has 0 aromatic heterocycles. The van der Waals surface area contributed by atoms with Crippen LogP contribution < -0.4 is 15.4 Å². The maximum absolute atomic E-state index is 14.3. The number of anilines is 1. The maximum Gasteiger partial charge on any atom is 0.407 e. The van der Waals surface area contributed by atoms with Crippen LogP contribution in [0.1, 0.15) is 37.0 Å². The predicted octanol–water partition coefficient (Wildman–Crippen LogP) is 4.29. The molecule has 0 aliphatic carbocycles. The van der Waals surface area contributed by atoms with E-state index in [9.17, 15) is 23.1 Å². The first-order valence-corrected chi connectivity index (χ1v) is 18.2. The van der Waals surface area contributed by atoms with Gasteiger partial charge in [0.2, 0.25) is 10.0 Å². The molecule has 3 N–H and O–H groups in total. The maximum atomic E-state index is 14.3. The van der Waals surface area contributed by atoms with E-state index in [0.717, 1.165) is 5.56 Å². The number of nitrogens with one attached hydrogen (secondary N) is 2. The topological polar surface area (TPSA) is 153 Å². The molecule has 3 aliphatic rings. The minimum absolute atomic E-state index is 0.0342. The smallest absolute Gasteiger partial charge is 0.407 e. The standard InChI is InChI=1S/C37H43N3O9S/c1-23(2)20-40(50(44,45)26-13-14-30-28(19-26)29(35(42)38-30)18-25-11-7-8-12-33(25)46-3)21-32(41)31(17-24-9-5-4-6-10-24)39-37(43)49-34-22-48-36-27(34)15-16-47-36/h4-14,18-19,23,27,31-32,34,36,41H,15-17,20-22H2,1-3H3,(H,38,42)(H,39,43)/b29-18-. The first kappa shape index (κ1) is 35.6. The second-order valence-electron chi connectivity index (χ2n) is 13.2. The molecule has 3 heterocycles. The summed E-state index contributed by atoms with van der Waals surface area (Å²) in [5.41, 5.74) is 2.72. The number of hydrogen-bond acceptors (Lipinski definition) is 9. The number of ether oxygens (including phenoxy) is 4. The van der Waals surface area contributed by atoms with Crippen molar-refractivity contribution >= 4 is 39.4 Å². The average molecular weight is 706 g/mol. The number of aliphatic hydroxyl groups excluding tert-OH is 1. The van der Waals surface area contributed by atoms with Crippen molar-refractivity contribution in [3.63, 3.8) is 0 Å². The van der Waals surface area contributed by atoms with Gasteiger partial charge in [0.05, 0.1) is 43.3 Å². The zero-order valence-electron chi connectivity index (χ0n) is 28.3. The molecular formula is C37H43N3O9S. The van der Waals surface area contributed by atoms with Gasteiger partial charge in [0, 0.05) is 35.5 Å². The number of methoxy groups -OCH3 is 1. The van der Waals surface area contributed by atoms with E-state index >= 15 is 0 Å². The Labute approximate surface area is 292 Å². The van der Waals surface area contributed by atoms with Crippen LogP contribution in [0.3, 0.4) is 0 Å². The van der Waals surface area contributed by atoms with Gasteiger partial charge >= 0.3 is 6.09 Å². The highest BCUT2D eigenvalue weighted by atomic mass is 32.2. The quantitative estimate of drug-likeness (QED) is 0.221. The number of sulfonamides is 1. The summed E-state index contributed by atoms with van der Waals surface area (Å²) in [6.07, 6.45) is -0.306. The number of aliphatic hydroxyl groups is 1. The molecule has 266 valence electrons. The highest BCUT2D eigenvalue weighted by Crippen LogP contribution is 2.37. The van der Waals surface area contributed by atoms with Crippen LogP contribution in [-0.4, -0.2) is 87.8 Å². The Morgan fingerprint density at radius 3 is 2.60 bits per heavy atom. The summed E-state index contributed by atoms with van der Waals surface area (Å²) in [6, 6.07) is 20.1. The molecule has 13 heteroatoms. The van der Waals surface area contributed by atoms with E-state index in [1.54, 1.807) is 24.3 Å². The molecular weight excluding hydrogens is 662 g/mol. The molecule has 2 saturated heterocycles. The van der Waals surface area contributed by atoms with Crippen LogP contribution in [0.4, 0.5) is 10.5 Å². The summed E-state index contributed by atoms with van der Waals surface area (Å²) in [7, 11) is -2.66. The normalized spacial score (nSPS) is 21.9. The first-order chi connectivity index (χ1) is 24.0. The Hall–Kier alpha value is -4.27. The van der Waals surface area contributed by atoms with Crippen LogP contribution in [-0.2, 0) is 35.4 Å². The Morgan fingerprint density at radius 2 is 1.84 bits per heavy atom. The summed E-state index contributed by atoms with van der Waals surface area (Å²) >= 11 is 0. The minimum atomic E-state index is -4.19. The van der Waals surface area contributed by atoms with Crippen LogP contribution in [0.15, 0.2) is 77.7 Å². The fraction of sp³-hybridized carbons (Fsp3) is 0.405. The number of nitrogens with zero attached hydrogens (tertiary/aromatic N) is 1. The van der Waals surface area contributed by atoms with Gasteiger partial charge < -0.3 is 34.7 Å². The number of fused-ring (bicyclic) bond motifs is 2. The third kappa shape index (κ3) is 7.87. The third-order valence-electron chi connectivity index (χ3n) is 9.12. The number of alkyl carbamates (subject to hydrolysis) is 1. The van der Waals surface area contributed by atoms with E-state index in [1.807, 2.05) is 56.3 Å². The van der Waals surface area contributed by atoms with E-state index < -0.39 is 40.7 Å². The number of rotatable bonds is 13. The predicted molar refractivity (Wildman–Crippen MR) is 187 cm³/mol. The van der Waals surface area contributed by atoms with Crippen molar-refractivity contribution in [3.8, 4) is 5.75 Å². The second-order valence-corrected chi connectivity index (χ2v) is 15.1. The highest BCUT2D eigenvalue weighted by Gasteiger charge is 2.44. The van der Waals surface area contributed by atoms with E-state index in [-0.39, 0.29) is 48.8 Å². The number of carbonyl (C=O) groups excluding carboxylic acids is 2. The number of carbonyl (C=O) groups is 2. The number of para-hydroxylation sites is 1. The van der Waals surface area contributed by atoms with Gasteiger partial charge in [-0.25, -0.2) is 13.2 Å². The zero-order chi connectivity index (χ0) is 35.4. The molecule has 0 saturated carbocycles. The van der Waals surface area contributed by atoms with Crippen LogP contribution in [0.5, 0.6) is 5.75 Å². The lowest BCUT2D eigenvalue weighted by atomic mass is 10.0. The van der Waals surface area contributed by atoms with Gasteiger partial charge in [-0.2, -0.15) is 4.31 Å². The molecule has 3 aliphatic heterocycles. The molecule has 0 radical (unpaired) electrons. The van der Waals surface area contributed by atoms with Crippen molar-refractivity contribution in [2.75, 3.05) is 38.7 Å². The lowest BCUT2D eigenvalue weighted by Gasteiger charge is -2.31. The number of hydrogen-bond donors (Lipinski definition) is 3. The molecule has 3 aromatic carbocycles. The molecule has 12 nitrogen and oxygen atoms in total.